The standard InChI is InChI=1S/C23H22N4O2/c24-15-17-6-8-18(9-7-17)16-26-10-3-11-27(13-12-26)23(29)20-14-22(28)25-21-5-2-1-4-19(20)21/h1-2,4-9,14H,3,10-13,16H2,(H,25,28). The van der Waals surface area contributed by atoms with Gasteiger partial charge in [-0.15, -0.1) is 0 Å². The van der Waals surface area contributed by atoms with E-state index in [1.54, 1.807) is 0 Å². The van der Waals surface area contributed by atoms with Gasteiger partial charge in [0.25, 0.3) is 5.91 Å². The van der Waals surface area contributed by atoms with Crippen molar-refractivity contribution in [3.05, 3.63) is 81.6 Å². The van der Waals surface area contributed by atoms with Crippen molar-refractivity contribution in [1.29, 1.82) is 5.26 Å². The third-order valence-corrected chi connectivity index (χ3v) is 5.35. The van der Waals surface area contributed by atoms with Gasteiger partial charge in [-0.3, -0.25) is 14.5 Å². The number of nitrogens with one attached hydrogen (secondary N) is 1. The van der Waals surface area contributed by atoms with Crippen LogP contribution in [0.1, 0.15) is 27.9 Å². The maximum Gasteiger partial charge on any atom is 0.254 e. The minimum atomic E-state index is -0.260. The lowest BCUT2D eigenvalue weighted by molar-refractivity contribution is 0.0763. The zero-order chi connectivity index (χ0) is 20.2. The first-order valence-electron chi connectivity index (χ1n) is 9.77. The number of H-pyrrole nitrogens is 1. The average Bonchev–Trinajstić information content (AvgIpc) is 2.99. The Kier molecular flexibility index (Phi) is 5.41. The monoisotopic (exact) mass is 386 g/mol. The number of pyridine rings is 1. The number of hydrogen-bond acceptors (Lipinski definition) is 4. The lowest BCUT2D eigenvalue weighted by atomic mass is 10.1. The van der Waals surface area contributed by atoms with Crippen molar-refractivity contribution in [3.8, 4) is 6.07 Å². The summed E-state index contributed by atoms with van der Waals surface area (Å²) < 4.78 is 0. The molecule has 0 radical (unpaired) electrons. The third-order valence-electron chi connectivity index (χ3n) is 5.35. The van der Waals surface area contributed by atoms with Gasteiger partial charge in [0.2, 0.25) is 5.56 Å². The van der Waals surface area contributed by atoms with Crippen molar-refractivity contribution < 1.29 is 4.79 Å². The Labute approximate surface area is 169 Å². The smallest absolute Gasteiger partial charge is 0.254 e. The summed E-state index contributed by atoms with van der Waals surface area (Å²) in [5.41, 5.74) is 2.70. The van der Waals surface area contributed by atoms with Gasteiger partial charge in [-0.2, -0.15) is 5.26 Å². The van der Waals surface area contributed by atoms with Crippen LogP contribution in [0.5, 0.6) is 0 Å². The number of carbonyl (C=O) groups is 1. The van der Waals surface area contributed by atoms with Crippen LogP contribution in [0.15, 0.2) is 59.4 Å². The van der Waals surface area contributed by atoms with Crippen LogP contribution in [-0.4, -0.2) is 46.9 Å². The lowest BCUT2D eigenvalue weighted by Crippen LogP contribution is -2.35. The molecular formula is C23H22N4O2. The topological polar surface area (TPSA) is 80.2 Å². The van der Waals surface area contributed by atoms with Crippen LogP contribution in [0.3, 0.4) is 0 Å². The predicted molar refractivity (Wildman–Crippen MR) is 112 cm³/mol. The molecule has 2 heterocycles. The molecule has 29 heavy (non-hydrogen) atoms. The molecule has 0 bridgehead atoms. The fraction of sp³-hybridized carbons (Fsp3) is 0.261. The number of aromatic nitrogens is 1. The van der Waals surface area contributed by atoms with Crippen molar-refractivity contribution in [2.45, 2.75) is 13.0 Å². The molecule has 1 fully saturated rings. The van der Waals surface area contributed by atoms with Gasteiger partial charge in [0.1, 0.15) is 0 Å². The molecule has 1 amide bonds. The van der Waals surface area contributed by atoms with Gasteiger partial charge in [-0.05, 0) is 30.2 Å². The Bertz CT molecular complexity index is 1130. The number of hydrogen-bond donors (Lipinski definition) is 1. The number of nitriles is 1. The number of fused-ring (bicyclic) bond motifs is 1. The molecule has 1 aliphatic rings. The van der Waals surface area contributed by atoms with Gasteiger partial charge in [0.05, 0.1) is 17.2 Å². The molecule has 6 nitrogen and oxygen atoms in total. The van der Waals surface area contributed by atoms with Gasteiger partial charge < -0.3 is 9.88 Å². The van der Waals surface area contributed by atoms with E-state index in [9.17, 15) is 9.59 Å². The molecule has 2 aromatic carbocycles. The first-order valence-corrected chi connectivity index (χ1v) is 9.77. The summed E-state index contributed by atoms with van der Waals surface area (Å²) in [4.78, 5) is 32.1. The Morgan fingerprint density at radius 1 is 1.03 bits per heavy atom. The first-order chi connectivity index (χ1) is 14.1. The van der Waals surface area contributed by atoms with Crippen molar-refractivity contribution in [2.24, 2.45) is 0 Å². The lowest BCUT2D eigenvalue weighted by Gasteiger charge is -2.22. The van der Waals surface area contributed by atoms with E-state index in [0.717, 1.165) is 37.0 Å². The van der Waals surface area contributed by atoms with Crippen LogP contribution < -0.4 is 5.56 Å². The zero-order valence-corrected chi connectivity index (χ0v) is 16.1. The Morgan fingerprint density at radius 3 is 2.62 bits per heavy atom. The predicted octanol–water partition coefficient (Wildman–Crippen LogP) is 2.75. The molecule has 0 unspecified atom stereocenters. The highest BCUT2D eigenvalue weighted by Crippen LogP contribution is 2.18. The minimum Gasteiger partial charge on any atom is -0.337 e. The van der Waals surface area contributed by atoms with E-state index >= 15 is 0 Å². The van der Waals surface area contributed by atoms with Gasteiger partial charge in [-0.1, -0.05) is 30.3 Å². The summed E-state index contributed by atoms with van der Waals surface area (Å²) in [5.74, 6) is -0.0903. The summed E-state index contributed by atoms with van der Waals surface area (Å²) in [5, 5.41) is 9.70. The molecule has 1 saturated heterocycles. The molecular weight excluding hydrogens is 364 g/mol. The molecule has 3 aromatic rings. The van der Waals surface area contributed by atoms with Crippen molar-refractivity contribution in [1.82, 2.24) is 14.8 Å². The highest BCUT2D eigenvalue weighted by Gasteiger charge is 2.22. The number of amides is 1. The maximum absolute atomic E-state index is 13.2. The highest BCUT2D eigenvalue weighted by atomic mass is 16.2. The third kappa shape index (κ3) is 4.20. The molecule has 4 rings (SSSR count). The molecule has 0 aliphatic carbocycles. The molecule has 1 N–H and O–H groups in total. The Hall–Kier alpha value is -3.43. The van der Waals surface area contributed by atoms with Gasteiger partial charge in [-0.25, -0.2) is 0 Å². The van der Waals surface area contributed by atoms with Crippen LogP contribution in [0, 0.1) is 11.3 Å². The van der Waals surface area contributed by atoms with E-state index < -0.39 is 0 Å². The van der Waals surface area contributed by atoms with Crippen LogP contribution in [0.2, 0.25) is 0 Å². The van der Waals surface area contributed by atoms with Crippen molar-refractivity contribution >= 4 is 16.8 Å². The van der Waals surface area contributed by atoms with E-state index in [-0.39, 0.29) is 11.5 Å². The summed E-state index contributed by atoms with van der Waals surface area (Å²) in [6.45, 7) is 3.76. The minimum absolute atomic E-state index is 0.0903. The molecule has 0 atom stereocenters. The number of aromatic amines is 1. The van der Waals surface area contributed by atoms with Gasteiger partial charge >= 0.3 is 0 Å². The van der Waals surface area contributed by atoms with E-state index in [2.05, 4.69) is 16.0 Å². The largest absolute Gasteiger partial charge is 0.337 e. The van der Waals surface area contributed by atoms with Crippen LogP contribution >= 0.6 is 0 Å². The Morgan fingerprint density at radius 2 is 1.83 bits per heavy atom. The number of benzene rings is 2. The van der Waals surface area contributed by atoms with Gasteiger partial charge in [0, 0.05) is 49.7 Å². The van der Waals surface area contributed by atoms with Crippen LogP contribution in [0.25, 0.3) is 10.9 Å². The second-order valence-corrected chi connectivity index (χ2v) is 7.32. The Balaban J connectivity index is 1.48. The number of para-hydroxylation sites is 1. The van der Waals surface area contributed by atoms with Crippen LogP contribution in [0.4, 0.5) is 0 Å². The quantitative estimate of drug-likeness (QED) is 0.751. The van der Waals surface area contributed by atoms with Crippen molar-refractivity contribution in [2.75, 3.05) is 26.2 Å². The van der Waals surface area contributed by atoms with E-state index in [4.69, 9.17) is 5.26 Å². The normalized spacial score (nSPS) is 15.1. The number of rotatable bonds is 3. The van der Waals surface area contributed by atoms with Crippen molar-refractivity contribution in [3.63, 3.8) is 0 Å². The fourth-order valence-electron chi connectivity index (χ4n) is 3.83. The van der Waals surface area contributed by atoms with E-state index in [1.165, 1.54) is 6.07 Å². The summed E-state index contributed by atoms with van der Waals surface area (Å²) in [6.07, 6.45) is 0.878. The summed E-state index contributed by atoms with van der Waals surface area (Å²) in [6, 6.07) is 18.6. The molecule has 0 saturated carbocycles. The average molecular weight is 386 g/mol. The second-order valence-electron chi connectivity index (χ2n) is 7.32. The van der Waals surface area contributed by atoms with E-state index in [1.807, 2.05) is 53.4 Å². The molecule has 146 valence electrons. The number of nitrogens with zero attached hydrogens (tertiary/aromatic N) is 3. The first kappa shape index (κ1) is 18.9. The van der Waals surface area contributed by atoms with E-state index in [0.29, 0.717) is 29.7 Å². The molecule has 6 heteroatoms. The SMILES string of the molecule is N#Cc1ccc(CN2CCCN(C(=O)c3cc(=O)[nH]c4ccccc34)CC2)cc1. The maximum atomic E-state index is 13.2. The second kappa shape index (κ2) is 8.29. The fourth-order valence-corrected chi connectivity index (χ4v) is 3.83. The highest BCUT2D eigenvalue weighted by molar-refractivity contribution is 6.05. The molecule has 1 aliphatic heterocycles. The molecule has 1 aromatic heterocycles. The summed E-state index contributed by atoms with van der Waals surface area (Å²) >= 11 is 0. The van der Waals surface area contributed by atoms with Crippen LogP contribution in [-0.2, 0) is 6.54 Å². The summed E-state index contributed by atoms with van der Waals surface area (Å²) in [7, 11) is 0. The van der Waals surface area contributed by atoms with Gasteiger partial charge in [0.15, 0.2) is 0 Å². The number of carbonyl (C=O) groups excluding carboxylic acids is 1. The molecule has 0 spiro atoms. The zero-order valence-electron chi connectivity index (χ0n) is 16.1.